The third-order valence-electron chi connectivity index (χ3n) is 3.95. The van der Waals surface area contributed by atoms with Crippen molar-refractivity contribution >= 4 is 27.5 Å². The van der Waals surface area contributed by atoms with E-state index in [-0.39, 0.29) is 12.0 Å². The monoisotopic (exact) mass is 389 g/mol. The van der Waals surface area contributed by atoms with Gasteiger partial charge in [-0.15, -0.1) is 0 Å². The first kappa shape index (κ1) is 17.0. The van der Waals surface area contributed by atoms with Gasteiger partial charge in [0, 0.05) is 11.1 Å². The van der Waals surface area contributed by atoms with E-state index in [9.17, 15) is 4.79 Å². The molecular formula is C19H20BrNO3. The van der Waals surface area contributed by atoms with Crippen LogP contribution in [0.4, 0.5) is 5.69 Å². The Morgan fingerprint density at radius 1 is 1.33 bits per heavy atom. The number of rotatable bonds is 5. The quantitative estimate of drug-likeness (QED) is 0.814. The van der Waals surface area contributed by atoms with Crippen LogP contribution in [0.15, 0.2) is 46.9 Å². The number of anilines is 1. The number of nitrogens with one attached hydrogen (secondary N) is 1. The first-order valence-corrected chi connectivity index (χ1v) is 8.84. The number of amides is 1. The molecule has 0 saturated carbocycles. The van der Waals surface area contributed by atoms with Crippen LogP contribution in [0.1, 0.15) is 28.8 Å². The summed E-state index contributed by atoms with van der Waals surface area (Å²) in [6.07, 6.45) is 2.19. The van der Waals surface area contributed by atoms with Crippen molar-refractivity contribution in [3.63, 3.8) is 0 Å². The molecule has 5 heteroatoms. The first-order chi connectivity index (χ1) is 11.6. The summed E-state index contributed by atoms with van der Waals surface area (Å²) in [7, 11) is 0. The highest BCUT2D eigenvalue weighted by Crippen LogP contribution is 2.26. The van der Waals surface area contributed by atoms with E-state index in [0.717, 1.165) is 35.2 Å². The van der Waals surface area contributed by atoms with Gasteiger partial charge in [-0.1, -0.05) is 18.2 Å². The second-order valence-electron chi connectivity index (χ2n) is 5.88. The zero-order valence-electron chi connectivity index (χ0n) is 13.5. The number of aryl methyl sites for hydroxylation is 1. The molecule has 1 heterocycles. The average molecular weight is 390 g/mol. The molecule has 4 nitrogen and oxygen atoms in total. The summed E-state index contributed by atoms with van der Waals surface area (Å²) in [5.74, 6) is 0.385. The molecule has 126 valence electrons. The molecule has 0 unspecified atom stereocenters. The van der Waals surface area contributed by atoms with Gasteiger partial charge in [-0.25, -0.2) is 0 Å². The number of benzene rings is 2. The minimum atomic E-state index is -0.192. The van der Waals surface area contributed by atoms with Gasteiger partial charge in [0.15, 0.2) is 0 Å². The lowest BCUT2D eigenvalue weighted by atomic mass is 10.1. The second-order valence-corrected chi connectivity index (χ2v) is 6.73. The third kappa shape index (κ3) is 4.16. The third-order valence-corrected chi connectivity index (χ3v) is 4.61. The van der Waals surface area contributed by atoms with E-state index >= 15 is 0 Å². The molecule has 2 aromatic carbocycles. The van der Waals surface area contributed by atoms with Crippen molar-refractivity contribution in [2.45, 2.75) is 25.9 Å². The highest BCUT2D eigenvalue weighted by atomic mass is 79.9. The van der Waals surface area contributed by atoms with E-state index < -0.39 is 0 Å². The number of hydrogen-bond donors (Lipinski definition) is 1. The summed E-state index contributed by atoms with van der Waals surface area (Å²) in [5, 5.41) is 2.93. The van der Waals surface area contributed by atoms with Gasteiger partial charge in [0.2, 0.25) is 0 Å². The maximum absolute atomic E-state index is 12.6. The highest BCUT2D eigenvalue weighted by Gasteiger charge is 2.18. The van der Waals surface area contributed by atoms with Crippen LogP contribution in [-0.4, -0.2) is 25.2 Å². The van der Waals surface area contributed by atoms with Crippen molar-refractivity contribution in [2.24, 2.45) is 0 Å². The fourth-order valence-electron chi connectivity index (χ4n) is 2.65. The Labute approximate surface area is 150 Å². The molecule has 0 radical (unpaired) electrons. The fraction of sp³-hybridized carbons (Fsp3) is 0.316. The maximum atomic E-state index is 12.6. The van der Waals surface area contributed by atoms with Gasteiger partial charge in [0.25, 0.3) is 5.91 Å². The maximum Gasteiger partial charge on any atom is 0.259 e. The van der Waals surface area contributed by atoms with Crippen molar-refractivity contribution < 1.29 is 14.3 Å². The number of carbonyl (C=O) groups excluding carboxylic acids is 1. The Morgan fingerprint density at radius 3 is 2.92 bits per heavy atom. The smallest absolute Gasteiger partial charge is 0.259 e. The molecule has 1 fully saturated rings. The van der Waals surface area contributed by atoms with Crippen LogP contribution < -0.4 is 10.1 Å². The van der Waals surface area contributed by atoms with Gasteiger partial charge in [0.1, 0.15) is 12.4 Å². The Hall–Kier alpha value is -1.85. The molecule has 0 aliphatic carbocycles. The Morgan fingerprint density at radius 2 is 2.17 bits per heavy atom. The van der Waals surface area contributed by atoms with E-state index in [0.29, 0.717) is 17.9 Å². The molecule has 24 heavy (non-hydrogen) atoms. The van der Waals surface area contributed by atoms with Crippen molar-refractivity contribution in [1.82, 2.24) is 0 Å². The molecule has 1 saturated heterocycles. The van der Waals surface area contributed by atoms with Gasteiger partial charge in [-0.05, 0) is 65.5 Å². The topological polar surface area (TPSA) is 47.6 Å². The molecule has 1 amide bonds. The lowest BCUT2D eigenvalue weighted by molar-refractivity contribution is 0.0673. The molecule has 1 atom stereocenters. The largest absolute Gasteiger partial charge is 0.490 e. The van der Waals surface area contributed by atoms with Gasteiger partial charge < -0.3 is 14.8 Å². The summed E-state index contributed by atoms with van der Waals surface area (Å²) >= 11 is 3.48. The van der Waals surface area contributed by atoms with Gasteiger partial charge in [0.05, 0.1) is 17.4 Å². The van der Waals surface area contributed by atoms with Crippen LogP contribution in [0.3, 0.4) is 0 Å². The van der Waals surface area contributed by atoms with E-state index in [1.807, 2.05) is 43.3 Å². The van der Waals surface area contributed by atoms with Crippen molar-refractivity contribution in [2.75, 3.05) is 18.5 Å². The molecule has 1 aliphatic rings. The van der Waals surface area contributed by atoms with Crippen molar-refractivity contribution in [3.05, 3.63) is 58.1 Å². The molecule has 3 rings (SSSR count). The molecular weight excluding hydrogens is 370 g/mol. The second kappa shape index (κ2) is 7.81. The standard InChI is InChI=1S/C19H20BrNO3/c1-13-8-9-17(16(20)11-13)21-19(22)15-6-2-3-7-18(15)24-12-14-5-4-10-23-14/h2-3,6-9,11,14H,4-5,10,12H2,1H3,(H,21,22)/t14-/m1/s1. The Bertz CT molecular complexity index is 726. The first-order valence-electron chi connectivity index (χ1n) is 8.04. The Kier molecular flexibility index (Phi) is 5.53. The normalized spacial score (nSPS) is 16.8. The van der Waals surface area contributed by atoms with E-state index in [1.54, 1.807) is 6.07 Å². The summed E-state index contributed by atoms with van der Waals surface area (Å²) in [6, 6.07) is 13.1. The molecule has 0 spiro atoms. The van der Waals surface area contributed by atoms with Gasteiger partial charge >= 0.3 is 0 Å². The zero-order chi connectivity index (χ0) is 16.9. The number of ether oxygens (including phenoxy) is 2. The minimum absolute atomic E-state index is 0.118. The number of hydrogen-bond acceptors (Lipinski definition) is 3. The summed E-state index contributed by atoms with van der Waals surface area (Å²) < 4.78 is 12.3. The van der Waals surface area contributed by atoms with Gasteiger partial charge in [-0.2, -0.15) is 0 Å². The molecule has 0 aromatic heterocycles. The van der Waals surface area contributed by atoms with E-state index in [2.05, 4.69) is 21.2 Å². The highest BCUT2D eigenvalue weighted by molar-refractivity contribution is 9.10. The van der Waals surface area contributed by atoms with E-state index in [4.69, 9.17) is 9.47 Å². The Balaban J connectivity index is 1.72. The average Bonchev–Trinajstić information content (AvgIpc) is 3.09. The zero-order valence-corrected chi connectivity index (χ0v) is 15.1. The summed E-state index contributed by atoms with van der Waals surface area (Å²) in [6.45, 7) is 3.26. The molecule has 1 aliphatic heterocycles. The van der Waals surface area contributed by atoms with Crippen LogP contribution in [-0.2, 0) is 4.74 Å². The molecule has 1 N–H and O–H groups in total. The van der Waals surface area contributed by atoms with E-state index in [1.165, 1.54) is 0 Å². The van der Waals surface area contributed by atoms with Crippen LogP contribution in [0.2, 0.25) is 0 Å². The fourth-order valence-corrected chi connectivity index (χ4v) is 3.24. The summed E-state index contributed by atoms with van der Waals surface area (Å²) in [4.78, 5) is 12.6. The van der Waals surface area contributed by atoms with Crippen molar-refractivity contribution in [3.8, 4) is 5.75 Å². The predicted molar refractivity (Wildman–Crippen MR) is 97.7 cm³/mol. The molecule has 2 aromatic rings. The van der Waals surface area contributed by atoms with Crippen LogP contribution >= 0.6 is 15.9 Å². The van der Waals surface area contributed by atoms with Crippen LogP contribution in [0.5, 0.6) is 5.75 Å². The SMILES string of the molecule is Cc1ccc(NC(=O)c2ccccc2OC[C@H]2CCCO2)c(Br)c1. The number of halogens is 1. The molecule has 0 bridgehead atoms. The van der Waals surface area contributed by atoms with Crippen LogP contribution in [0.25, 0.3) is 0 Å². The number of para-hydroxylation sites is 1. The van der Waals surface area contributed by atoms with Crippen LogP contribution in [0, 0.1) is 6.92 Å². The lowest BCUT2D eigenvalue weighted by Crippen LogP contribution is -2.19. The van der Waals surface area contributed by atoms with Crippen molar-refractivity contribution in [1.29, 1.82) is 0 Å². The number of carbonyl (C=O) groups is 1. The predicted octanol–water partition coefficient (Wildman–Crippen LogP) is 4.57. The summed E-state index contributed by atoms with van der Waals surface area (Å²) in [5.41, 5.74) is 2.38. The lowest BCUT2D eigenvalue weighted by Gasteiger charge is -2.15. The minimum Gasteiger partial charge on any atom is -0.490 e. The van der Waals surface area contributed by atoms with Gasteiger partial charge in [-0.3, -0.25) is 4.79 Å².